The van der Waals surface area contributed by atoms with E-state index >= 15 is 0 Å². The Hall–Kier alpha value is -2.60. The fraction of sp³-hybridized carbons (Fsp3) is 0.211. The number of hydrogen-bond donors (Lipinski definition) is 2. The van der Waals surface area contributed by atoms with Crippen LogP contribution in [0.15, 0.2) is 59.8 Å². The summed E-state index contributed by atoms with van der Waals surface area (Å²) in [6, 6.07) is 18.2. The van der Waals surface area contributed by atoms with Gasteiger partial charge in [0.25, 0.3) is 0 Å². The number of rotatable bonds is 7. The lowest BCUT2D eigenvalue weighted by atomic mass is 10.1. The molecule has 5 nitrogen and oxygen atoms in total. The van der Waals surface area contributed by atoms with Crippen LogP contribution in [0.2, 0.25) is 0 Å². The molecule has 2 N–H and O–H groups in total. The normalized spacial score (nSPS) is 10.6. The van der Waals surface area contributed by atoms with E-state index < -0.39 is 0 Å². The molecule has 128 valence electrons. The average molecular weight is 352 g/mol. The largest absolute Gasteiger partial charge is 0.355 e. The number of thioether (sulfide) groups is 1. The minimum atomic E-state index is -0.0115. The highest BCUT2D eigenvalue weighted by atomic mass is 32.2. The molecule has 0 atom stereocenters. The Kier molecular flexibility index (Phi) is 5.85. The summed E-state index contributed by atoms with van der Waals surface area (Å²) in [7, 11) is 0. The monoisotopic (exact) mass is 352 g/mol. The molecule has 0 aliphatic rings. The lowest BCUT2D eigenvalue weighted by Crippen LogP contribution is -2.27. The number of benzene rings is 2. The number of aromatic amines is 1. The Morgan fingerprint density at radius 3 is 2.64 bits per heavy atom. The molecule has 1 aromatic heterocycles. The Morgan fingerprint density at radius 1 is 1.12 bits per heavy atom. The Morgan fingerprint density at radius 2 is 1.88 bits per heavy atom. The van der Waals surface area contributed by atoms with Crippen molar-refractivity contribution >= 4 is 17.7 Å². The van der Waals surface area contributed by atoms with E-state index in [4.69, 9.17) is 0 Å². The highest BCUT2D eigenvalue weighted by Gasteiger charge is 2.08. The van der Waals surface area contributed by atoms with Crippen LogP contribution in [0.5, 0.6) is 0 Å². The lowest BCUT2D eigenvalue weighted by molar-refractivity contribution is -0.118. The molecule has 25 heavy (non-hydrogen) atoms. The van der Waals surface area contributed by atoms with E-state index in [9.17, 15) is 4.79 Å². The molecule has 0 aliphatic carbocycles. The fourth-order valence-corrected chi connectivity index (χ4v) is 2.95. The van der Waals surface area contributed by atoms with Crippen molar-refractivity contribution in [1.82, 2.24) is 20.5 Å². The van der Waals surface area contributed by atoms with Crippen molar-refractivity contribution in [3.63, 3.8) is 0 Å². The van der Waals surface area contributed by atoms with Crippen molar-refractivity contribution in [2.75, 3.05) is 12.3 Å². The summed E-state index contributed by atoms with van der Waals surface area (Å²) in [5, 5.41) is 10.6. The van der Waals surface area contributed by atoms with Gasteiger partial charge < -0.3 is 5.32 Å². The van der Waals surface area contributed by atoms with Crippen LogP contribution in [0.25, 0.3) is 11.4 Å². The fourth-order valence-electron chi connectivity index (χ4n) is 2.32. The number of carbonyl (C=O) groups excluding carboxylic acids is 1. The third-order valence-corrected chi connectivity index (χ3v) is 4.55. The predicted molar refractivity (Wildman–Crippen MR) is 100 cm³/mol. The molecule has 2 aromatic carbocycles. The highest BCUT2D eigenvalue weighted by Crippen LogP contribution is 2.19. The van der Waals surface area contributed by atoms with Gasteiger partial charge in [-0.15, -0.1) is 5.10 Å². The van der Waals surface area contributed by atoms with Crippen molar-refractivity contribution in [2.45, 2.75) is 18.5 Å². The number of hydrogen-bond acceptors (Lipinski definition) is 4. The van der Waals surface area contributed by atoms with Crippen LogP contribution in [0.4, 0.5) is 0 Å². The van der Waals surface area contributed by atoms with E-state index in [2.05, 4.69) is 32.6 Å². The first-order valence-electron chi connectivity index (χ1n) is 8.13. The topological polar surface area (TPSA) is 70.7 Å². The molecule has 3 rings (SSSR count). The summed E-state index contributed by atoms with van der Waals surface area (Å²) in [5.41, 5.74) is 3.40. The molecule has 0 saturated heterocycles. The Bertz CT molecular complexity index is 815. The molecule has 1 heterocycles. The maximum absolute atomic E-state index is 11.9. The molecular formula is C19H20N4OS. The standard InChI is InChI=1S/C19H20N4OS/c1-14-7-9-16(10-8-14)18-21-19(23-22-18)25-13-17(24)20-12-11-15-5-3-2-4-6-15/h2-10H,11-13H2,1H3,(H,20,24)(H,21,22,23). The predicted octanol–water partition coefficient (Wildman–Crippen LogP) is 3.23. The zero-order valence-corrected chi connectivity index (χ0v) is 14.8. The maximum atomic E-state index is 11.9. The van der Waals surface area contributed by atoms with Gasteiger partial charge in [-0.2, -0.15) is 0 Å². The maximum Gasteiger partial charge on any atom is 0.230 e. The highest BCUT2D eigenvalue weighted by molar-refractivity contribution is 7.99. The van der Waals surface area contributed by atoms with Gasteiger partial charge in [-0.25, -0.2) is 4.98 Å². The molecule has 0 aliphatic heterocycles. The van der Waals surface area contributed by atoms with E-state index in [0.29, 0.717) is 23.3 Å². The van der Waals surface area contributed by atoms with Crippen molar-refractivity contribution in [3.8, 4) is 11.4 Å². The van der Waals surface area contributed by atoms with E-state index in [-0.39, 0.29) is 5.91 Å². The van der Waals surface area contributed by atoms with Crippen LogP contribution >= 0.6 is 11.8 Å². The van der Waals surface area contributed by atoms with Gasteiger partial charge >= 0.3 is 0 Å². The summed E-state index contributed by atoms with van der Waals surface area (Å²) in [4.78, 5) is 16.3. The van der Waals surface area contributed by atoms with Crippen LogP contribution in [-0.2, 0) is 11.2 Å². The smallest absolute Gasteiger partial charge is 0.230 e. The van der Waals surface area contributed by atoms with Crippen LogP contribution in [-0.4, -0.2) is 33.4 Å². The third kappa shape index (κ3) is 5.19. The second-order valence-corrected chi connectivity index (χ2v) is 6.65. The molecule has 0 unspecified atom stereocenters. The van der Waals surface area contributed by atoms with Gasteiger partial charge in [0.15, 0.2) is 5.82 Å². The third-order valence-electron chi connectivity index (χ3n) is 3.70. The zero-order chi connectivity index (χ0) is 17.5. The number of aromatic nitrogens is 3. The zero-order valence-electron chi connectivity index (χ0n) is 14.0. The van der Waals surface area contributed by atoms with Crippen LogP contribution in [0, 0.1) is 6.92 Å². The lowest BCUT2D eigenvalue weighted by Gasteiger charge is -2.04. The van der Waals surface area contributed by atoms with Gasteiger partial charge in [0.05, 0.1) is 5.75 Å². The average Bonchev–Trinajstić information content (AvgIpc) is 3.10. The quantitative estimate of drug-likeness (QED) is 0.641. The van der Waals surface area contributed by atoms with Gasteiger partial charge in [-0.3, -0.25) is 9.89 Å². The first kappa shape index (κ1) is 17.2. The van der Waals surface area contributed by atoms with Crippen molar-refractivity contribution in [1.29, 1.82) is 0 Å². The molecule has 0 bridgehead atoms. The molecular weight excluding hydrogens is 332 g/mol. The van der Waals surface area contributed by atoms with Gasteiger partial charge in [0.2, 0.25) is 11.1 Å². The summed E-state index contributed by atoms with van der Waals surface area (Å²) < 4.78 is 0. The number of carbonyl (C=O) groups is 1. The van der Waals surface area contributed by atoms with Gasteiger partial charge in [-0.05, 0) is 18.9 Å². The SMILES string of the molecule is Cc1ccc(-c2nc(SCC(=O)NCCc3ccccc3)n[nH]2)cc1. The molecule has 3 aromatic rings. The summed E-state index contributed by atoms with van der Waals surface area (Å²) in [6.07, 6.45) is 0.829. The van der Waals surface area contributed by atoms with Crippen LogP contribution in [0.3, 0.4) is 0 Å². The van der Waals surface area contributed by atoms with Crippen LogP contribution < -0.4 is 5.32 Å². The first-order valence-corrected chi connectivity index (χ1v) is 9.12. The Balaban J connectivity index is 1.44. The Labute approximate surface area is 151 Å². The summed E-state index contributed by atoms with van der Waals surface area (Å²) in [6.45, 7) is 2.67. The van der Waals surface area contributed by atoms with E-state index in [1.807, 2.05) is 49.4 Å². The van der Waals surface area contributed by atoms with E-state index in [0.717, 1.165) is 12.0 Å². The summed E-state index contributed by atoms with van der Waals surface area (Å²) >= 11 is 1.33. The van der Waals surface area contributed by atoms with Crippen LogP contribution in [0.1, 0.15) is 11.1 Å². The van der Waals surface area contributed by atoms with Crippen molar-refractivity contribution in [2.24, 2.45) is 0 Å². The molecule has 0 spiro atoms. The van der Waals surface area contributed by atoms with Gasteiger partial charge in [-0.1, -0.05) is 71.9 Å². The van der Waals surface area contributed by atoms with E-state index in [1.165, 1.54) is 22.9 Å². The number of amides is 1. The second-order valence-electron chi connectivity index (χ2n) is 5.71. The minimum absolute atomic E-state index is 0.0115. The number of H-pyrrole nitrogens is 1. The second kappa shape index (κ2) is 8.48. The van der Waals surface area contributed by atoms with Gasteiger partial charge in [0.1, 0.15) is 0 Å². The van der Waals surface area contributed by atoms with E-state index in [1.54, 1.807) is 0 Å². The first-order chi connectivity index (χ1) is 12.2. The summed E-state index contributed by atoms with van der Waals surface area (Å²) in [5.74, 6) is 1.01. The van der Waals surface area contributed by atoms with Crippen molar-refractivity contribution in [3.05, 3.63) is 65.7 Å². The van der Waals surface area contributed by atoms with Gasteiger partial charge in [0, 0.05) is 12.1 Å². The molecule has 0 saturated carbocycles. The number of nitrogens with zero attached hydrogens (tertiary/aromatic N) is 2. The molecule has 0 radical (unpaired) electrons. The molecule has 1 amide bonds. The minimum Gasteiger partial charge on any atom is -0.355 e. The number of nitrogens with one attached hydrogen (secondary N) is 2. The number of aryl methyl sites for hydroxylation is 1. The molecule has 6 heteroatoms. The molecule has 0 fully saturated rings. The van der Waals surface area contributed by atoms with Crippen molar-refractivity contribution < 1.29 is 4.79 Å².